The lowest BCUT2D eigenvalue weighted by molar-refractivity contribution is 0.999. The minimum absolute atomic E-state index is 0.613. The molecule has 0 bridgehead atoms. The van der Waals surface area contributed by atoms with E-state index in [-0.39, 0.29) is 0 Å². The average Bonchev–Trinajstić information content (AvgIpc) is 2.74. The summed E-state index contributed by atoms with van der Waals surface area (Å²) < 4.78 is 0. The number of aromatic nitrogens is 3. The number of hydrogen-bond acceptors (Lipinski definition) is 4. The smallest absolute Gasteiger partial charge is 0.225 e. The van der Waals surface area contributed by atoms with E-state index in [1.54, 1.807) is 0 Å². The first-order valence-electron chi connectivity index (χ1n) is 3.34. The first kappa shape index (κ1) is 5.58. The van der Waals surface area contributed by atoms with E-state index in [1.807, 2.05) is 0 Å². The van der Waals surface area contributed by atoms with Crippen molar-refractivity contribution in [1.82, 2.24) is 15.0 Å². The summed E-state index contributed by atoms with van der Waals surface area (Å²) in [6.07, 6.45) is 5.48. The van der Waals surface area contributed by atoms with Gasteiger partial charge in [-0.3, -0.25) is 0 Å². The molecule has 0 unspecified atom stereocenters. The number of hydrogen-bond donors (Lipinski definition) is 1. The molecule has 4 heteroatoms. The van der Waals surface area contributed by atoms with E-state index in [2.05, 4.69) is 20.3 Å². The van der Waals surface area contributed by atoms with Gasteiger partial charge < -0.3 is 5.32 Å². The first-order chi connectivity index (χ1) is 4.95. The molecular formula is C6H8N4. The Labute approximate surface area is 58.7 Å². The molecule has 1 aliphatic carbocycles. The summed E-state index contributed by atoms with van der Waals surface area (Å²) in [6.45, 7) is 0. The summed E-state index contributed by atoms with van der Waals surface area (Å²) in [7, 11) is 0. The lowest BCUT2D eigenvalue weighted by atomic mass is 10.7. The number of rotatable bonds is 2. The van der Waals surface area contributed by atoms with E-state index in [1.165, 1.54) is 25.5 Å². The number of nitrogens with zero attached hydrogens (tertiary/aromatic N) is 3. The van der Waals surface area contributed by atoms with E-state index in [0.29, 0.717) is 12.0 Å². The van der Waals surface area contributed by atoms with Crippen molar-refractivity contribution in [2.24, 2.45) is 0 Å². The van der Waals surface area contributed by atoms with E-state index < -0.39 is 0 Å². The van der Waals surface area contributed by atoms with Crippen LogP contribution in [0.1, 0.15) is 12.8 Å². The van der Waals surface area contributed by atoms with Gasteiger partial charge in [-0.05, 0) is 12.8 Å². The Morgan fingerprint density at radius 1 is 1.30 bits per heavy atom. The highest BCUT2D eigenvalue weighted by atomic mass is 15.2. The van der Waals surface area contributed by atoms with Gasteiger partial charge in [0.1, 0.15) is 12.7 Å². The van der Waals surface area contributed by atoms with Gasteiger partial charge in [0.05, 0.1) is 0 Å². The molecule has 1 heterocycles. The zero-order valence-electron chi connectivity index (χ0n) is 5.49. The van der Waals surface area contributed by atoms with Crippen molar-refractivity contribution < 1.29 is 0 Å². The van der Waals surface area contributed by atoms with E-state index in [9.17, 15) is 0 Å². The van der Waals surface area contributed by atoms with Crippen LogP contribution in [0.3, 0.4) is 0 Å². The van der Waals surface area contributed by atoms with Gasteiger partial charge in [0.15, 0.2) is 0 Å². The number of anilines is 1. The molecule has 0 saturated heterocycles. The van der Waals surface area contributed by atoms with Crippen LogP contribution >= 0.6 is 0 Å². The molecule has 1 saturated carbocycles. The molecule has 4 nitrogen and oxygen atoms in total. The van der Waals surface area contributed by atoms with Gasteiger partial charge in [0, 0.05) is 6.04 Å². The summed E-state index contributed by atoms with van der Waals surface area (Å²) in [5, 5.41) is 3.15. The predicted octanol–water partition coefficient (Wildman–Crippen LogP) is 0.446. The molecule has 0 aliphatic heterocycles. The van der Waals surface area contributed by atoms with Crippen molar-refractivity contribution in [2.45, 2.75) is 18.9 Å². The van der Waals surface area contributed by atoms with Crippen LogP contribution < -0.4 is 5.32 Å². The molecular weight excluding hydrogens is 128 g/mol. The summed E-state index contributed by atoms with van der Waals surface area (Å²) in [6, 6.07) is 0.613. The normalized spacial score (nSPS) is 16.8. The fourth-order valence-electron chi connectivity index (χ4n) is 0.724. The van der Waals surface area contributed by atoms with Crippen LogP contribution in [0, 0.1) is 0 Å². The third-order valence-electron chi connectivity index (χ3n) is 1.40. The third kappa shape index (κ3) is 1.21. The van der Waals surface area contributed by atoms with Crippen molar-refractivity contribution in [2.75, 3.05) is 5.32 Å². The van der Waals surface area contributed by atoms with Crippen LogP contribution in [0.5, 0.6) is 0 Å². The maximum atomic E-state index is 3.93. The van der Waals surface area contributed by atoms with Gasteiger partial charge in [-0.25, -0.2) is 15.0 Å². The molecule has 1 N–H and O–H groups in total. The van der Waals surface area contributed by atoms with Gasteiger partial charge in [0.2, 0.25) is 5.95 Å². The summed E-state index contributed by atoms with van der Waals surface area (Å²) >= 11 is 0. The van der Waals surface area contributed by atoms with Crippen molar-refractivity contribution in [3.63, 3.8) is 0 Å². The molecule has 0 atom stereocenters. The molecule has 0 amide bonds. The van der Waals surface area contributed by atoms with Crippen molar-refractivity contribution in [3.05, 3.63) is 12.7 Å². The predicted molar refractivity (Wildman–Crippen MR) is 36.5 cm³/mol. The molecule has 1 fully saturated rings. The van der Waals surface area contributed by atoms with Gasteiger partial charge in [-0.1, -0.05) is 0 Å². The van der Waals surface area contributed by atoms with Gasteiger partial charge in [-0.15, -0.1) is 0 Å². The molecule has 1 aromatic rings. The highest BCUT2D eigenvalue weighted by Gasteiger charge is 2.21. The second-order valence-electron chi connectivity index (χ2n) is 2.38. The summed E-state index contributed by atoms with van der Waals surface area (Å²) in [5.41, 5.74) is 0. The maximum absolute atomic E-state index is 3.93. The second kappa shape index (κ2) is 2.21. The van der Waals surface area contributed by atoms with Crippen LogP contribution in [0.2, 0.25) is 0 Å². The van der Waals surface area contributed by atoms with Crippen LogP contribution in [0.25, 0.3) is 0 Å². The highest BCUT2D eigenvalue weighted by molar-refractivity contribution is 5.25. The zero-order valence-corrected chi connectivity index (χ0v) is 5.49. The molecule has 1 aromatic heterocycles. The van der Waals surface area contributed by atoms with Gasteiger partial charge in [-0.2, -0.15) is 0 Å². The van der Waals surface area contributed by atoms with Crippen molar-refractivity contribution in [3.8, 4) is 0 Å². The van der Waals surface area contributed by atoms with Gasteiger partial charge >= 0.3 is 0 Å². The lowest BCUT2D eigenvalue weighted by Gasteiger charge is -1.97. The molecule has 2 rings (SSSR count). The fourth-order valence-corrected chi connectivity index (χ4v) is 0.724. The topological polar surface area (TPSA) is 50.7 Å². The van der Waals surface area contributed by atoms with E-state index in [4.69, 9.17) is 0 Å². The quantitative estimate of drug-likeness (QED) is 0.641. The Kier molecular flexibility index (Phi) is 1.23. The lowest BCUT2D eigenvalue weighted by Crippen LogP contribution is -2.04. The highest BCUT2D eigenvalue weighted by Crippen LogP contribution is 2.22. The molecule has 1 aliphatic rings. The van der Waals surface area contributed by atoms with Crippen LogP contribution in [0.4, 0.5) is 5.95 Å². The molecule has 0 aromatic carbocycles. The summed E-state index contributed by atoms with van der Waals surface area (Å²) in [4.78, 5) is 11.6. The van der Waals surface area contributed by atoms with E-state index >= 15 is 0 Å². The number of nitrogens with one attached hydrogen (secondary N) is 1. The first-order valence-corrected chi connectivity index (χ1v) is 3.34. The van der Waals surface area contributed by atoms with Crippen LogP contribution in [-0.4, -0.2) is 21.0 Å². The molecule has 0 radical (unpaired) electrons. The van der Waals surface area contributed by atoms with Gasteiger partial charge in [0.25, 0.3) is 0 Å². The Bertz CT molecular complexity index is 206. The van der Waals surface area contributed by atoms with E-state index in [0.717, 1.165) is 0 Å². The van der Waals surface area contributed by atoms with Crippen molar-refractivity contribution in [1.29, 1.82) is 0 Å². The monoisotopic (exact) mass is 136 g/mol. The molecule has 52 valence electrons. The SMILES string of the molecule is c1ncnc(NC2CC2)n1. The average molecular weight is 136 g/mol. The molecule has 10 heavy (non-hydrogen) atoms. The fraction of sp³-hybridized carbons (Fsp3) is 0.500. The Hall–Kier alpha value is -1.19. The Morgan fingerprint density at radius 2 is 2.00 bits per heavy atom. The Morgan fingerprint density at radius 3 is 2.60 bits per heavy atom. The van der Waals surface area contributed by atoms with Crippen LogP contribution in [-0.2, 0) is 0 Å². The minimum Gasteiger partial charge on any atom is -0.351 e. The van der Waals surface area contributed by atoms with Crippen LogP contribution in [0.15, 0.2) is 12.7 Å². The summed E-state index contributed by atoms with van der Waals surface area (Å²) in [5.74, 6) is 0.692. The van der Waals surface area contributed by atoms with Crippen molar-refractivity contribution >= 4 is 5.95 Å². The maximum Gasteiger partial charge on any atom is 0.225 e. The second-order valence-corrected chi connectivity index (χ2v) is 2.38. The zero-order chi connectivity index (χ0) is 6.81. The third-order valence-corrected chi connectivity index (χ3v) is 1.40. The Balaban J connectivity index is 2.03. The standard InChI is InChI=1S/C6H8N4/c1-2-5(1)10-6-8-3-7-4-9-6/h3-5H,1-2H2,(H,7,8,9,10). The largest absolute Gasteiger partial charge is 0.351 e. The minimum atomic E-state index is 0.613. The molecule has 0 spiro atoms.